The lowest BCUT2D eigenvalue weighted by atomic mass is 10.2. The van der Waals surface area contributed by atoms with Gasteiger partial charge >= 0.3 is 0 Å². The molecule has 0 spiro atoms. The fourth-order valence-electron chi connectivity index (χ4n) is 2.13. The van der Waals surface area contributed by atoms with E-state index in [0.717, 1.165) is 0 Å². The summed E-state index contributed by atoms with van der Waals surface area (Å²) in [6.07, 6.45) is 1.52. The Balaban J connectivity index is 1.75. The number of ether oxygens (including phenoxy) is 3. The number of nitrogens with one attached hydrogen (secondary N) is 1. The molecule has 1 N–H and O–H groups in total. The molecule has 2 aromatic carbocycles. The normalized spacial score (nSPS) is 12.4. The molecular weight excluding hydrogens is 296 g/mol. The molecule has 3 rings (SSSR count). The predicted octanol–water partition coefficient (Wildman–Crippen LogP) is 2.58. The average Bonchev–Trinajstić information content (AvgIpc) is 3.03. The quantitative estimate of drug-likeness (QED) is 0.680. The minimum atomic E-state index is -0.277. The molecule has 1 aliphatic heterocycles. The highest BCUT2D eigenvalue weighted by Gasteiger charge is 2.17. The number of amides is 1. The van der Waals surface area contributed by atoms with Gasteiger partial charge in [0.15, 0.2) is 11.5 Å². The van der Waals surface area contributed by atoms with Crippen molar-refractivity contribution in [2.75, 3.05) is 13.4 Å². The number of benzene rings is 2. The van der Waals surface area contributed by atoms with E-state index in [9.17, 15) is 4.79 Å². The van der Waals surface area contributed by atoms with Gasteiger partial charge in [-0.15, -0.1) is 0 Å². The lowest BCUT2D eigenvalue weighted by Gasteiger charge is -2.08. The Morgan fingerprint density at radius 3 is 2.74 bits per heavy atom. The van der Waals surface area contributed by atoms with Crippen LogP contribution in [0.15, 0.2) is 47.6 Å². The van der Waals surface area contributed by atoms with Gasteiger partial charge in [-0.1, -0.05) is 18.2 Å². The maximum atomic E-state index is 11.9. The van der Waals surface area contributed by atoms with Crippen LogP contribution >= 0.6 is 0 Å². The van der Waals surface area contributed by atoms with Gasteiger partial charge in [-0.3, -0.25) is 4.79 Å². The second-order valence-corrected chi connectivity index (χ2v) is 4.74. The third-order valence-electron chi connectivity index (χ3n) is 3.21. The van der Waals surface area contributed by atoms with Crippen molar-refractivity contribution in [2.24, 2.45) is 5.10 Å². The summed E-state index contributed by atoms with van der Waals surface area (Å²) >= 11 is 0. The molecule has 23 heavy (non-hydrogen) atoms. The summed E-state index contributed by atoms with van der Waals surface area (Å²) in [5.41, 5.74) is 3.73. The van der Waals surface area contributed by atoms with Crippen LogP contribution in [-0.2, 0) is 0 Å². The number of hydrogen-bond acceptors (Lipinski definition) is 5. The molecule has 0 unspecified atom stereocenters. The van der Waals surface area contributed by atoms with Gasteiger partial charge in [0.1, 0.15) is 5.75 Å². The monoisotopic (exact) mass is 312 g/mol. The molecule has 2 aromatic rings. The van der Waals surface area contributed by atoms with Crippen molar-refractivity contribution in [3.63, 3.8) is 0 Å². The zero-order chi connectivity index (χ0) is 16.1. The maximum Gasteiger partial charge on any atom is 0.271 e. The highest BCUT2D eigenvalue weighted by atomic mass is 16.7. The van der Waals surface area contributed by atoms with Gasteiger partial charge in [0.05, 0.1) is 12.8 Å². The van der Waals surface area contributed by atoms with E-state index in [1.165, 1.54) is 6.21 Å². The molecule has 1 aliphatic rings. The summed E-state index contributed by atoms with van der Waals surface area (Å²) in [5.74, 6) is 1.61. The number of nitrogens with zero attached hydrogens (tertiary/aromatic N) is 1. The molecule has 0 saturated heterocycles. The fourth-order valence-corrected chi connectivity index (χ4v) is 2.13. The van der Waals surface area contributed by atoms with Crippen molar-refractivity contribution < 1.29 is 19.0 Å². The summed E-state index contributed by atoms with van der Waals surface area (Å²) in [6, 6.07) is 12.4. The molecule has 0 saturated carbocycles. The predicted molar refractivity (Wildman–Crippen MR) is 85.2 cm³/mol. The first-order chi connectivity index (χ1) is 11.3. The van der Waals surface area contributed by atoms with Crippen LogP contribution in [0.25, 0.3) is 0 Å². The Kier molecular flexibility index (Phi) is 4.42. The molecule has 1 amide bonds. The average molecular weight is 312 g/mol. The molecule has 0 radical (unpaired) electrons. The van der Waals surface area contributed by atoms with Crippen molar-refractivity contribution in [3.8, 4) is 17.2 Å². The van der Waals surface area contributed by atoms with Crippen molar-refractivity contribution in [1.82, 2.24) is 5.43 Å². The lowest BCUT2D eigenvalue weighted by Crippen LogP contribution is -2.17. The molecule has 1 heterocycles. The molecule has 0 bridgehead atoms. The Morgan fingerprint density at radius 1 is 1.26 bits per heavy atom. The van der Waals surface area contributed by atoms with Gasteiger partial charge in [-0.25, -0.2) is 5.43 Å². The number of hydrazone groups is 1. The van der Waals surface area contributed by atoms with Crippen LogP contribution in [-0.4, -0.2) is 25.5 Å². The van der Waals surface area contributed by atoms with Gasteiger partial charge in [0.2, 0.25) is 6.79 Å². The Morgan fingerprint density at radius 2 is 2.00 bits per heavy atom. The van der Waals surface area contributed by atoms with Crippen molar-refractivity contribution in [3.05, 3.63) is 53.6 Å². The second kappa shape index (κ2) is 6.83. The minimum absolute atomic E-state index is 0.187. The zero-order valence-electron chi connectivity index (χ0n) is 12.6. The summed E-state index contributed by atoms with van der Waals surface area (Å²) in [7, 11) is 0. The number of rotatable bonds is 5. The van der Waals surface area contributed by atoms with Crippen LogP contribution in [0.1, 0.15) is 22.8 Å². The molecule has 0 aliphatic carbocycles. The third kappa shape index (κ3) is 3.42. The lowest BCUT2D eigenvalue weighted by molar-refractivity contribution is 0.0955. The van der Waals surface area contributed by atoms with E-state index in [1.54, 1.807) is 36.4 Å². The first-order valence-electron chi connectivity index (χ1n) is 7.23. The van der Waals surface area contributed by atoms with Crippen molar-refractivity contribution in [2.45, 2.75) is 6.92 Å². The third-order valence-corrected chi connectivity index (χ3v) is 3.21. The van der Waals surface area contributed by atoms with Crippen molar-refractivity contribution in [1.29, 1.82) is 0 Å². The fraction of sp³-hybridized carbons (Fsp3) is 0.176. The first kappa shape index (κ1) is 14.9. The van der Waals surface area contributed by atoms with Crippen LogP contribution in [0.5, 0.6) is 17.2 Å². The minimum Gasteiger partial charge on any atom is -0.493 e. The molecule has 6 nitrogen and oxygen atoms in total. The van der Waals surface area contributed by atoms with Gasteiger partial charge in [0.25, 0.3) is 5.91 Å². The number of hydrogen-bond donors (Lipinski definition) is 1. The van der Waals surface area contributed by atoms with Crippen LogP contribution in [0.2, 0.25) is 0 Å². The number of carbonyl (C=O) groups is 1. The van der Waals surface area contributed by atoms with E-state index in [2.05, 4.69) is 10.5 Å². The van der Waals surface area contributed by atoms with Crippen LogP contribution in [0.4, 0.5) is 0 Å². The highest BCUT2D eigenvalue weighted by molar-refractivity contribution is 5.95. The van der Waals surface area contributed by atoms with Gasteiger partial charge in [-0.05, 0) is 25.1 Å². The highest BCUT2D eigenvalue weighted by Crippen LogP contribution is 2.37. The smallest absolute Gasteiger partial charge is 0.271 e. The second-order valence-electron chi connectivity index (χ2n) is 4.74. The van der Waals surface area contributed by atoms with E-state index in [0.29, 0.717) is 35.0 Å². The van der Waals surface area contributed by atoms with Crippen LogP contribution in [0.3, 0.4) is 0 Å². The van der Waals surface area contributed by atoms with E-state index in [-0.39, 0.29) is 12.7 Å². The summed E-state index contributed by atoms with van der Waals surface area (Å²) < 4.78 is 16.2. The molecule has 6 heteroatoms. The zero-order valence-corrected chi connectivity index (χ0v) is 12.6. The van der Waals surface area contributed by atoms with Crippen LogP contribution < -0.4 is 19.6 Å². The number of fused-ring (bicyclic) bond motifs is 1. The molecule has 0 aromatic heterocycles. The van der Waals surface area contributed by atoms with Gasteiger partial charge in [-0.2, -0.15) is 5.10 Å². The Hall–Kier alpha value is -3.02. The molecule has 0 fully saturated rings. The Bertz CT molecular complexity index is 729. The van der Waals surface area contributed by atoms with E-state index >= 15 is 0 Å². The topological polar surface area (TPSA) is 69.2 Å². The largest absolute Gasteiger partial charge is 0.493 e. The van der Waals surface area contributed by atoms with E-state index in [4.69, 9.17) is 14.2 Å². The SMILES string of the molecule is CCOc1cc2c(cc1/C=N/NC(=O)c1ccccc1)OCO2. The summed E-state index contributed by atoms with van der Waals surface area (Å²) in [5, 5.41) is 3.99. The van der Waals surface area contributed by atoms with Crippen LogP contribution in [0, 0.1) is 0 Å². The molecule has 118 valence electrons. The first-order valence-corrected chi connectivity index (χ1v) is 7.23. The maximum absolute atomic E-state index is 11.9. The van der Waals surface area contributed by atoms with Gasteiger partial charge in [0, 0.05) is 17.2 Å². The Labute approximate surface area is 133 Å². The van der Waals surface area contributed by atoms with Gasteiger partial charge < -0.3 is 14.2 Å². The molecule has 0 atom stereocenters. The molecular formula is C17H16N2O4. The standard InChI is InChI=1S/C17H16N2O4/c1-2-21-14-9-16-15(22-11-23-16)8-13(14)10-18-19-17(20)12-6-4-3-5-7-12/h3-10H,2,11H2,1H3,(H,19,20)/b18-10+. The van der Waals surface area contributed by atoms with E-state index in [1.807, 2.05) is 13.0 Å². The summed E-state index contributed by atoms with van der Waals surface area (Å²) in [4.78, 5) is 11.9. The van der Waals surface area contributed by atoms with Crippen molar-refractivity contribution >= 4 is 12.1 Å². The van der Waals surface area contributed by atoms with E-state index < -0.39 is 0 Å². The summed E-state index contributed by atoms with van der Waals surface area (Å²) in [6.45, 7) is 2.59. The number of carbonyl (C=O) groups excluding carboxylic acids is 1.